The fraction of sp³-hybridized carbons (Fsp3) is 0.208. The van der Waals surface area contributed by atoms with Crippen LogP contribution in [0.1, 0.15) is 49.9 Å². The van der Waals surface area contributed by atoms with E-state index in [1.165, 1.54) is 7.11 Å². The average molecular weight is 448 g/mol. The predicted octanol–water partition coefficient (Wildman–Crippen LogP) is 3.05. The van der Waals surface area contributed by atoms with Crippen molar-refractivity contribution in [2.24, 2.45) is 0 Å². The zero-order valence-electron chi connectivity index (χ0n) is 18.7. The lowest BCUT2D eigenvalue weighted by Gasteiger charge is -2.18. The molecular weight excluding hydrogens is 424 g/mol. The highest BCUT2D eigenvalue weighted by Crippen LogP contribution is 2.37. The summed E-state index contributed by atoms with van der Waals surface area (Å²) in [6.07, 6.45) is 0. The molecule has 0 aliphatic carbocycles. The number of benzene rings is 2. The standard InChI is InChI=1S/C24H24N4O5/c1-12-6-5-7-16(10-12)24(31)33-17-9-8-15(11-18(17)32-4)21(19-13(2)25-27-22(19)29)20-14(3)26-28-23(20)30/h5-11,21H,1-4H3,(H2,25,27,29)(H2,26,28,30). The summed E-state index contributed by atoms with van der Waals surface area (Å²) in [6, 6.07) is 12.1. The highest BCUT2D eigenvalue weighted by molar-refractivity contribution is 5.91. The van der Waals surface area contributed by atoms with Gasteiger partial charge >= 0.3 is 5.97 Å². The van der Waals surface area contributed by atoms with Gasteiger partial charge in [0.2, 0.25) is 0 Å². The van der Waals surface area contributed by atoms with E-state index in [1.54, 1.807) is 50.2 Å². The van der Waals surface area contributed by atoms with Crippen molar-refractivity contribution in [2.75, 3.05) is 7.11 Å². The third kappa shape index (κ3) is 4.12. The molecular formula is C24H24N4O5. The molecule has 0 saturated heterocycles. The SMILES string of the molecule is COc1cc(C(c2c(C)[nH][nH]c2=O)c2c(C)[nH][nH]c2=O)ccc1OC(=O)c1cccc(C)c1. The second kappa shape index (κ2) is 8.70. The summed E-state index contributed by atoms with van der Waals surface area (Å²) in [7, 11) is 1.46. The zero-order chi connectivity index (χ0) is 23.7. The molecule has 4 aromatic rings. The smallest absolute Gasteiger partial charge is 0.343 e. The molecule has 33 heavy (non-hydrogen) atoms. The van der Waals surface area contributed by atoms with Crippen LogP contribution < -0.4 is 20.6 Å². The molecule has 0 unspecified atom stereocenters. The molecule has 2 aromatic heterocycles. The first-order valence-corrected chi connectivity index (χ1v) is 10.3. The monoisotopic (exact) mass is 448 g/mol. The summed E-state index contributed by atoms with van der Waals surface area (Å²) in [6.45, 7) is 5.40. The van der Waals surface area contributed by atoms with Crippen molar-refractivity contribution >= 4 is 5.97 Å². The Morgan fingerprint density at radius 2 is 1.45 bits per heavy atom. The predicted molar refractivity (Wildman–Crippen MR) is 122 cm³/mol. The number of carbonyl (C=O) groups excluding carboxylic acids is 1. The van der Waals surface area contributed by atoms with Crippen LogP contribution >= 0.6 is 0 Å². The van der Waals surface area contributed by atoms with Crippen LogP contribution in [0.2, 0.25) is 0 Å². The number of nitrogens with one attached hydrogen (secondary N) is 4. The van der Waals surface area contributed by atoms with Crippen molar-refractivity contribution in [3.8, 4) is 11.5 Å². The molecule has 2 aromatic carbocycles. The number of aromatic amines is 4. The Morgan fingerprint density at radius 1 is 0.818 bits per heavy atom. The summed E-state index contributed by atoms with van der Waals surface area (Å²) in [5.74, 6) is -0.666. The number of ether oxygens (including phenoxy) is 2. The van der Waals surface area contributed by atoms with Gasteiger partial charge in [0.05, 0.1) is 23.8 Å². The lowest BCUT2D eigenvalue weighted by atomic mass is 9.85. The van der Waals surface area contributed by atoms with Crippen LogP contribution in [0.15, 0.2) is 52.1 Å². The molecule has 0 aliphatic rings. The number of hydrogen-bond donors (Lipinski definition) is 4. The molecule has 170 valence electrons. The van der Waals surface area contributed by atoms with E-state index >= 15 is 0 Å². The van der Waals surface area contributed by atoms with E-state index in [0.717, 1.165) is 5.56 Å². The molecule has 4 N–H and O–H groups in total. The molecule has 0 bridgehead atoms. The molecule has 9 heteroatoms. The molecule has 0 spiro atoms. The lowest BCUT2D eigenvalue weighted by molar-refractivity contribution is 0.0729. The van der Waals surface area contributed by atoms with Crippen molar-refractivity contribution in [1.29, 1.82) is 0 Å². The normalized spacial score (nSPS) is 11.1. The first kappa shape index (κ1) is 21.9. The molecule has 0 atom stereocenters. The lowest BCUT2D eigenvalue weighted by Crippen LogP contribution is -2.20. The third-order valence-corrected chi connectivity index (χ3v) is 5.58. The maximum Gasteiger partial charge on any atom is 0.343 e. The molecule has 9 nitrogen and oxygen atoms in total. The number of rotatable bonds is 6. The van der Waals surface area contributed by atoms with Crippen molar-refractivity contribution in [3.63, 3.8) is 0 Å². The maximum atomic E-state index is 12.6. The molecule has 0 amide bonds. The van der Waals surface area contributed by atoms with Gasteiger partial charge in [0.15, 0.2) is 11.5 Å². The van der Waals surface area contributed by atoms with E-state index in [4.69, 9.17) is 9.47 Å². The number of carbonyl (C=O) groups is 1. The van der Waals surface area contributed by atoms with Crippen LogP contribution in [0.4, 0.5) is 0 Å². The quantitative estimate of drug-likeness (QED) is 0.266. The first-order valence-electron chi connectivity index (χ1n) is 10.3. The van der Waals surface area contributed by atoms with Crippen LogP contribution in [-0.4, -0.2) is 33.5 Å². The van der Waals surface area contributed by atoms with E-state index in [2.05, 4.69) is 20.4 Å². The molecule has 0 radical (unpaired) electrons. The molecule has 4 rings (SSSR count). The first-order chi connectivity index (χ1) is 15.8. The number of aromatic nitrogens is 4. The fourth-order valence-corrected chi connectivity index (χ4v) is 3.96. The van der Waals surface area contributed by atoms with Gasteiger partial charge in [-0.05, 0) is 50.6 Å². The van der Waals surface area contributed by atoms with E-state index in [0.29, 0.717) is 39.4 Å². The average Bonchev–Trinajstić information content (AvgIpc) is 3.30. The minimum atomic E-state index is -0.676. The highest BCUT2D eigenvalue weighted by Gasteiger charge is 2.29. The van der Waals surface area contributed by atoms with Gasteiger partial charge in [-0.2, -0.15) is 0 Å². The Morgan fingerprint density at radius 3 is 1.97 bits per heavy atom. The number of methoxy groups -OCH3 is 1. The fourth-order valence-electron chi connectivity index (χ4n) is 3.96. The minimum absolute atomic E-state index is 0.228. The van der Waals surface area contributed by atoms with Gasteiger partial charge in [0.25, 0.3) is 11.1 Å². The Labute approximate surface area is 188 Å². The highest BCUT2D eigenvalue weighted by atomic mass is 16.6. The van der Waals surface area contributed by atoms with E-state index < -0.39 is 11.9 Å². The van der Waals surface area contributed by atoms with Crippen LogP contribution in [0.3, 0.4) is 0 Å². The Bertz CT molecular complexity index is 1390. The van der Waals surface area contributed by atoms with Gasteiger partial charge in [-0.3, -0.25) is 19.8 Å². The summed E-state index contributed by atoms with van der Waals surface area (Å²) < 4.78 is 11.1. The van der Waals surface area contributed by atoms with Gasteiger partial charge in [-0.1, -0.05) is 23.8 Å². The minimum Gasteiger partial charge on any atom is -0.493 e. The summed E-state index contributed by atoms with van der Waals surface area (Å²) >= 11 is 0. The van der Waals surface area contributed by atoms with Crippen molar-refractivity contribution < 1.29 is 14.3 Å². The summed E-state index contributed by atoms with van der Waals surface area (Å²) in [5.41, 5.74) is 3.38. The van der Waals surface area contributed by atoms with Gasteiger partial charge in [-0.25, -0.2) is 4.79 Å². The molecule has 0 saturated carbocycles. The summed E-state index contributed by atoms with van der Waals surface area (Å²) in [5, 5.41) is 10.8. The largest absolute Gasteiger partial charge is 0.493 e. The van der Waals surface area contributed by atoms with Crippen LogP contribution in [0, 0.1) is 20.8 Å². The Balaban J connectivity index is 1.79. The number of aryl methyl sites for hydroxylation is 3. The van der Waals surface area contributed by atoms with Gasteiger partial charge < -0.3 is 19.7 Å². The molecule has 0 fully saturated rings. The molecule has 0 aliphatic heterocycles. The van der Waals surface area contributed by atoms with Crippen LogP contribution in [0.5, 0.6) is 11.5 Å². The molecule has 2 heterocycles. The van der Waals surface area contributed by atoms with E-state index in [9.17, 15) is 14.4 Å². The van der Waals surface area contributed by atoms with Gasteiger partial charge in [0, 0.05) is 17.3 Å². The maximum absolute atomic E-state index is 12.6. The zero-order valence-corrected chi connectivity index (χ0v) is 18.7. The Kier molecular flexibility index (Phi) is 5.78. The summed E-state index contributed by atoms with van der Waals surface area (Å²) in [4.78, 5) is 37.9. The topological polar surface area (TPSA) is 133 Å². The van der Waals surface area contributed by atoms with E-state index in [1.807, 2.05) is 13.0 Å². The van der Waals surface area contributed by atoms with Gasteiger partial charge in [0.1, 0.15) is 0 Å². The van der Waals surface area contributed by atoms with Crippen molar-refractivity contribution in [2.45, 2.75) is 26.7 Å². The second-order valence-electron chi connectivity index (χ2n) is 7.84. The number of esters is 1. The second-order valence-corrected chi connectivity index (χ2v) is 7.84. The number of hydrogen-bond acceptors (Lipinski definition) is 5. The van der Waals surface area contributed by atoms with Crippen molar-refractivity contribution in [3.05, 3.63) is 102 Å². The third-order valence-electron chi connectivity index (χ3n) is 5.58. The van der Waals surface area contributed by atoms with E-state index in [-0.39, 0.29) is 16.9 Å². The van der Waals surface area contributed by atoms with Gasteiger partial charge in [-0.15, -0.1) is 0 Å². The number of H-pyrrole nitrogens is 4. The van der Waals surface area contributed by atoms with Crippen LogP contribution in [0.25, 0.3) is 0 Å². The van der Waals surface area contributed by atoms with Crippen molar-refractivity contribution in [1.82, 2.24) is 20.4 Å². The van der Waals surface area contributed by atoms with Crippen LogP contribution in [-0.2, 0) is 0 Å². The Hall–Kier alpha value is -4.27.